The lowest BCUT2D eigenvalue weighted by Gasteiger charge is -2.43. The molecular weight excluding hydrogens is 347 g/mol. The highest BCUT2D eigenvalue weighted by Gasteiger charge is 2.38. The Bertz CT molecular complexity index is 671. The van der Waals surface area contributed by atoms with Gasteiger partial charge in [0.15, 0.2) is 0 Å². The third kappa shape index (κ3) is 5.76. The molecule has 0 saturated heterocycles. The van der Waals surface area contributed by atoms with Crippen molar-refractivity contribution in [2.75, 3.05) is 13.1 Å². The van der Waals surface area contributed by atoms with Crippen molar-refractivity contribution in [3.05, 3.63) is 35.6 Å². The van der Waals surface area contributed by atoms with Crippen LogP contribution in [0.4, 0.5) is 4.39 Å². The molecule has 2 aliphatic rings. The van der Waals surface area contributed by atoms with Gasteiger partial charge in [-0.25, -0.2) is 4.39 Å². The van der Waals surface area contributed by atoms with Crippen molar-refractivity contribution in [2.45, 2.75) is 57.5 Å². The Morgan fingerprint density at radius 2 is 2.00 bits per heavy atom. The van der Waals surface area contributed by atoms with Crippen molar-refractivity contribution >= 4 is 11.9 Å². The van der Waals surface area contributed by atoms with E-state index in [1.807, 2.05) is 13.0 Å². The first kappa shape index (κ1) is 19.8. The van der Waals surface area contributed by atoms with Gasteiger partial charge in [-0.1, -0.05) is 25.1 Å². The lowest BCUT2D eigenvalue weighted by Crippen LogP contribution is -2.55. The second-order valence-electron chi connectivity index (χ2n) is 8.13. The molecule has 2 saturated carbocycles. The van der Waals surface area contributed by atoms with Gasteiger partial charge in [0.05, 0.1) is 6.54 Å². The summed E-state index contributed by atoms with van der Waals surface area (Å²) >= 11 is 0. The summed E-state index contributed by atoms with van der Waals surface area (Å²) in [6.45, 7) is 2.81. The lowest BCUT2D eigenvalue weighted by molar-refractivity contribution is -0.140. The van der Waals surface area contributed by atoms with Gasteiger partial charge in [0.1, 0.15) is 5.82 Å². The first-order valence-corrected chi connectivity index (χ1v) is 9.92. The number of carboxylic acid groups (broad SMARTS) is 1. The number of nitrogens with zero attached hydrogens (tertiary/aromatic N) is 1. The molecule has 0 bridgehead atoms. The van der Waals surface area contributed by atoms with Crippen LogP contribution in [0.3, 0.4) is 0 Å². The molecule has 1 amide bonds. The normalized spacial score (nSPS) is 22.9. The Kier molecular flexibility index (Phi) is 6.47. The van der Waals surface area contributed by atoms with E-state index in [1.165, 1.54) is 18.9 Å². The van der Waals surface area contributed by atoms with Gasteiger partial charge in [-0.15, -0.1) is 0 Å². The van der Waals surface area contributed by atoms with Crippen molar-refractivity contribution in [3.63, 3.8) is 0 Å². The molecule has 0 heterocycles. The molecule has 0 spiro atoms. The van der Waals surface area contributed by atoms with E-state index < -0.39 is 5.97 Å². The molecular formula is C21H29FN2O3. The minimum absolute atomic E-state index is 0.00164. The van der Waals surface area contributed by atoms with Gasteiger partial charge in [0.25, 0.3) is 0 Å². The van der Waals surface area contributed by atoms with Crippen LogP contribution in [0.15, 0.2) is 24.3 Å². The SMILES string of the molecule is CC(CCc1ccccc1F)C(=O)NC1CC(N(CC(=O)O)CC2CC2)C1. The third-order valence-corrected chi connectivity index (χ3v) is 5.76. The minimum atomic E-state index is -0.787. The topological polar surface area (TPSA) is 69.6 Å². The van der Waals surface area contributed by atoms with Crippen molar-refractivity contribution in [1.82, 2.24) is 10.2 Å². The summed E-state index contributed by atoms with van der Waals surface area (Å²) in [5.41, 5.74) is 0.644. The number of carbonyl (C=O) groups is 2. The van der Waals surface area contributed by atoms with Gasteiger partial charge in [-0.3, -0.25) is 14.5 Å². The Balaban J connectivity index is 1.39. The molecule has 2 aliphatic carbocycles. The van der Waals surface area contributed by atoms with E-state index in [1.54, 1.807) is 12.1 Å². The van der Waals surface area contributed by atoms with Crippen LogP contribution in [0.25, 0.3) is 0 Å². The zero-order valence-corrected chi connectivity index (χ0v) is 15.9. The molecule has 1 unspecified atom stereocenters. The zero-order valence-electron chi connectivity index (χ0n) is 15.9. The molecule has 1 aromatic carbocycles. The molecule has 0 aliphatic heterocycles. The number of hydrogen-bond donors (Lipinski definition) is 2. The van der Waals surface area contributed by atoms with Crippen LogP contribution in [0.2, 0.25) is 0 Å². The van der Waals surface area contributed by atoms with Crippen LogP contribution in [-0.4, -0.2) is 47.1 Å². The predicted octanol–water partition coefficient (Wildman–Crippen LogP) is 2.84. The second-order valence-corrected chi connectivity index (χ2v) is 8.13. The molecule has 6 heteroatoms. The Labute approximate surface area is 159 Å². The van der Waals surface area contributed by atoms with E-state index in [-0.39, 0.29) is 36.3 Å². The zero-order chi connectivity index (χ0) is 19.4. The fourth-order valence-electron chi connectivity index (χ4n) is 3.70. The standard InChI is InChI=1S/C21H29FN2O3/c1-14(6-9-16-4-2-3-5-19(16)22)21(27)23-17-10-18(11-17)24(13-20(25)26)12-15-7-8-15/h2-5,14-15,17-18H,6-13H2,1H3,(H,23,27)(H,25,26). The summed E-state index contributed by atoms with van der Waals surface area (Å²) in [6.07, 6.45) is 5.17. The number of carbonyl (C=O) groups excluding carboxylic acids is 1. The van der Waals surface area contributed by atoms with Gasteiger partial charge in [0, 0.05) is 24.5 Å². The summed E-state index contributed by atoms with van der Waals surface area (Å²) in [5, 5.41) is 12.2. The van der Waals surface area contributed by atoms with Crippen molar-refractivity contribution in [2.24, 2.45) is 11.8 Å². The largest absolute Gasteiger partial charge is 0.480 e. The quantitative estimate of drug-likeness (QED) is 0.659. The maximum absolute atomic E-state index is 13.7. The van der Waals surface area contributed by atoms with Crippen molar-refractivity contribution in [1.29, 1.82) is 0 Å². The summed E-state index contributed by atoms with van der Waals surface area (Å²) in [7, 11) is 0. The van der Waals surface area contributed by atoms with Crippen LogP contribution in [-0.2, 0) is 16.0 Å². The lowest BCUT2D eigenvalue weighted by atomic mass is 9.84. The average Bonchev–Trinajstić information content (AvgIpc) is 3.39. The third-order valence-electron chi connectivity index (χ3n) is 5.76. The van der Waals surface area contributed by atoms with Crippen LogP contribution >= 0.6 is 0 Å². The maximum Gasteiger partial charge on any atom is 0.317 e. The Hall–Kier alpha value is -1.95. The number of aliphatic carboxylic acids is 1. The van der Waals surface area contributed by atoms with Gasteiger partial charge in [0.2, 0.25) is 5.91 Å². The van der Waals surface area contributed by atoms with Gasteiger partial charge >= 0.3 is 5.97 Å². The molecule has 27 heavy (non-hydrogen) atoms. The van der Waals surface area contributed by atoms with Crippen LogP contribution in [0.1, 0.15) is 44.6 Å². The maximum atomic E-state index is 13.7. The molecule has 5 nitrogen and oxygen atoms in total. The number of halogens is 1. The molecule has 3 rings (SSSR count). The van der Waals surface area contributed by atoms with E-state index in [9.17, 15) is 14.0 Å². The first-order valence-electron chi connectivity index (χ1n) is 9.92. The number of rotatable bonds is 10. The summed E-state index contributed by atoms with van der Waals surface area (Å²) in [6, 6.07) is 7.04. The molecule has 148 valence electrons. The smallest absolute Gasteiger partial charge is 0.317 e. The minimum Gasteiger partial charge on any atom is -0.480 e. The Morgan fingerprint density at radius 3 is 2.63 bits per heavy atom. The molecule has 1 aromatic rings. The number of benzene rings is 1. The van der Waals surface area contributed by atoms with E-state index in [0.717, 1.165) is 19.4 Å². The highest BCUT2D eigenvalue weighted by Crippen LogP contribution is 2.33. The fraction of sp³-hybridized carbons (Fsp3) is 0.619. The highest BCUT2D eigenvalue weighted by atomic mass is 19.1. The number of amides is 1. The highest BCUT2D eigenvalue weighted by molar-refractivity contribution is 5.78. The fourth-order valence-corrected chi connectivity index (χ4v) is 3.70. The summed E-state index contributed by atoms with van der Waals surface area (Å²) in [5.74, 6) is -0.533. The van der Waals surface area contributed by atoms with Crippen LogP contribution < -0.4 is 5.32 Å². The van der Waals surface area contributed by atoms with Gasteiger partial charge in [-0.2, -0.15) is 0 Å². The molecule has 2 N–H and O–H groups in total. The van der Waals surface area contributed by atoms with E-state index in [0.29, 0.717) is 24.3 Å². The molecule has 2 fully saturated rings. The van der Waals surface area contributed by atoms with Crippen LogP contribution in [0.5, 0.6) is 0 Å². The number of hydrogen-bond acceptors (Lipinski definition) is 3. The number of nitrogens with one attached hydrogen (secondary N) is 1. The average molecular weight is 376 g/mol. The molecule has 0 aromatic heterocycles. The number of aryl methyl sites for hydroxylation is 1. The van der Waals surface area contributed by atoms with E-state index in [4.69, 9.17) is 5.11 Å². The second kappa shape index (κ2) is 8.83. The van der Waals surface area contributed by atoms with E-state index >= 15 is 0 Å². The summed E-state index contributed by atoms with van der Waals surface area (Å²) in [4.78, 5) is 25.5. The van der Waals surface area contributed by atoms with Gasteiger partial charge < -0.3 is 10.4 Å². The molecule has 1 atom stereocenters. The first-order chi connectivity index (χ1) is 12.9. The monoisotopic (exact) mass is 376 g/mol. The number of carboxylic acids is 1. The molecule has 0 radical (unpaired) electrons. The summed E-state index contributed by atoms with van der Waals surface area (Å²) < 4.78 is 13.7. The van der Waals surface area contributed by atoms with Crippen molar-refractivity contribution in [3.8, 4) is 0 Å². The predicted molar refractivity (Wildman–Crippen MR) is 101 cm³/mol. The Morgan fingerprint density at radius 1 is 1.30 bits per heavy atom. The van der Waals surface area contributed by atoms with Crippen LogP contribution in [0, 0.1) is 17.7 Å². The van der Waals surface area contributed by atoms with E-state index in [2.05, 4.69) is 10.2 Å². The van der Waals surface area contributed by atoms with Gasteiger partial charge in [-0.05, 0) is 56.1 Å². The van der Waals surface area contributed by atoms with Crippen molar-refractivity contribution < 1.29 is 19.1 Å².